The van der Waals surface area contributed by atoms with Crippen molar-refractivity contribution >= 4 is 32.9 Å². The molecular formula is C12H16N2O3S2. The lowest BCUT2D eigenvalue weighted by atomic mass is 10.0. The average molecular weight is 300 g/mol. The summed E-state index contributed by atoms with van der Waals surface area (Å²) >= 11 is 5.17. The fraction of sp³-hybridized carbons (Fsp3) is 0.417. The van der Waals surface area contributed by atoms with Gasteiger partial charge in [-0.2, -0.15) is 0 Å². The van der Waals surface area contributed by atoms with Crippen LogP contribution in [0.25, 0.3) is 0 Å². The number of rotatable bonds is 2. The maximum atomic E-state index is 11.5. The van der Waals surface area contributed by atoms with Crippen LogP contribution in [0.5, 0.6) is 5.75 Å². The second kappa shape index (κ2) is 4.97. The summed E-state index contributed by atoms with van der Waals surface area (Å²) in [6.45, 7) is 1.85. The molecule has 1 aromatic carbocycles. The highest BCUT2D eigenvalue weighted by Crippen LogP contribution is 2.23. The SMILES string of the molecule is C[C@]1(NC(=S)Nc2ccc(O)cc2)CCS(=O)(=O)C1. The van der Waals surface area contributed by atoms with Gasteiger partial charge in [0.2, 0.25) is 0 Å². The quantitative estimate of drug-likeness (QED) is 0.564. The standard InChI is InChI=1S/C12H16N2O3S2/c1-12(6-7-19(16,17)8-12)14-11(18)13-9-2-4-10(15)5-3-9/h2-5,15H,6-8H2,1H3,(H2,13,14,18)/t12-/m0/s1. The van der Waals surface area contributed by atoms with Crippen molar-refractivity contribution in [1.29, 1.82) is 0 Å². The molecule has 1 saturated heterocycles. The van der Waals surface area contributed by atoms with Crippen LogP contribution < -0.4 is 10.6 Å². The summed E-state index contributed by atoms with van der Waals surface area (Å²) in [5, 5.41) is 15.6. The van der Waals surface area contributed by atoms with Gasteiger partial charge in [-0.25, -0.2) is 8.42 Å². The Balaban J connectivity index is 1.97. The highest BCUT2D eigenvalue weighted by atomic mass is 32.2. The van der Waals surface area contributed by atoms with Crippen molar-refractivity contribution in [2.45, 2.75) is 18.9 Å². The minimum absolute atomic E-state index is 0.0946. The minimum atomic E-state index is -2.96. The number of phenolic OH excluding ortho intramolecular Hbond substituents is 1. The number of nitrogens with one attached hydrogen (secondary N) is 2. The van der Waals surface area contributed by atoms with Crippen LogP contribution in [0.15, 0.2) is 24.3 Å². The van der Waals surface area contributed by atoms with E-state index in [1.807, 2.05) is 6.92 Å². The van der Waals surface area contributed by atoms with E-state index in [0.717, 1.165) is 5.69 Å². The van der Waals surface area contributed by atoms with Crippen molar-refractivity contribution in [1.82, 2.24) is 5.32 Å². The van der Waals surface area contributed by atoms with Crippen LogP contribution in [0.3, 0.4) is 0 Å². The third-order valence-electron chi connectivity index (χ3n) is 3.04. The van der Waals surface area contributed by atoms with Gasteiger partial charge < -0.3 is 15.7 Å². The molecule has 0 radical (unpaired) electrons. The Labute approximate surface area is 117 Å². The topological polar surface area (TPSA) is 78.4 Å². The summed E-state index contributed by atoms with van der Waals surface area (Å²) in [7, 11) is -2.96. The van der Waals surface area contributed by atoms with Crippen molar-refractivity contribution in [3.63, 3.8) is 0 Å². The first-order valence-corrected chi connectivity index (χ1v) is 8.10. The van der Waals surface area contributed by atoms with Gasteiger partial charge in [-0.05, 0) is 49.8 Å². The molecule has 104 valence electrons. The smallest absolute Gasteiger partial charge is 0.171 e. The van der Waals surface area contributed by atoms with E-state index in [-0.39, 0.29) is 17.3 Å². The molecule has 19 heavy (non-hydrogen) atoms. The van der Waals surface area contributed by atoms with Gasteiger partial charge in [-0.15, -0.1) is 0 Å². The fourth-order valence-electron chi connectivity index (χ4n) is 2.09. The monoisotopic (exact) mass is 300 g/mol. The summed E-state index contributed by atoms with van der Waals surface area (Å²) < 4.78 is 23.0. The lowest BCUT2D eigenvalue weighted by molar-refractivity contribution is 0.473. The molecule has 0 saturated carbocycles. The van der Waals surface area contributed by atoms with Gasteiger partial charge in [0.1, 0.15) is 5.75 Å². The molecule has 7 heteroatoms. The molecule has 1 atom stereocenters. The van der Waals surface area contributed by atoms with E-state index in [2.05, 4.69) is 10.6 Å². The number of sulfone groups is 1. The third kappa shape index (κ3) is 3.81. The van der Waals surface area contributed by atoms with E-state index in [9.17, 15) is 13.5 Å². The number of benzene rings is 1. The Morgan fingerprint density at radius 1 is 1.37 bits per heavy atom. The molecule has 5 nitrogen and oxygen atoms in total. The Morgan fingerprint density at radius 3 is 2.53 bits per heavy atom. The molecule has 0 unspecified atom stereocenters. The predicted molar refractivity (Wildman–Crippen MR) is 79.1 cm³/mol. The average Bonchev–Trinajstić information content (AvgIpc) is 2.56. The molecule has 0 bridgehead atoms. The van der Waals surface area contributed by atoms with Gasteiger partial charge in [0.25, 0.3) is 0 Å². The van der Waals surface area contributed by atoms with Gasteiger partial charge in [-0.3, -0.25) is 0 Å². The molecule has 0 aromatic heterocycles. The van der Waals surface area contributed by atoms with Gasteiger partial charge >= 0.3 is 0 Å². The molecular weight excluding hydrogens is 284 g/mol. The second-order valence-electron chi connectivity index (χ2n) is 5.03. The van der Waals surface area contributed by atoms with E-state index >= 15 is 0 Å². The Morgan fingerprint density at radius 2 is 2.00 bits per heavy atom. The first kappa shape index (κ1) is 14.1. The molecule has 0 aliphatic carbocycles. The van der Waals surface area contributed by atoms with Crippen LogP contribution in [0, 0.1) is 0 Å². The molecule has 1 aliphatic heterocycles. The van der Waals surface area contributed by atoms with Gasteiger partial charge in [-0.1, -0.05) is 0 Å². The lowest BCUT2D eigenvalue weighted by Gasteiger charge is -2.25. The van der Waals surface area contributed by atoms with Crippen LogP contribution in [0.4, 0.5) is 5.69 Å². The molecule has 2 rings (SSSR count). The fourth-order valence-corrected chi connectivity index (χ4v) is 4.55. The normalized spacial score (nSPS) is 24.9. The molecule has 0 spiro atoms. The summed E-state index contributed by atoms with van der Waals surface area (Å²) in [6.07, 6.45) is 0.548. The van der Waals surface area contributed by atoms with Crippen LogP contribution >= 0.6 is 12.2 Å². The van der Waals surface area contributed by atoms with Gasteiger partial charge in [0.05, 0.1) is 17.0 Å². The van der Waals surface area contributed by atoms with Crippen LogP contribution in [0.2, 0.25) is 0 Å². The molecule has 3 N–H and O–H groups in total. The van der Waals surface area contributed by atoms with Crippen molar-refractivity contribution in [3.8, 4) is 5.75 Å². The Bertz CT molecular complexity index is 583. The highest BCUT2D eigenvalue weighted by molar-refractivity contribution is 7.91. The van der Waals surface area contributed by atoms with Crippen LogP contribution in [-0.2, 0) is 9.84 Å². The zero-order valence-electron chi connectivity index (χ0n) is 10.5. The molecule has 1 aliphatic rings. The zero-order valence-corrected chi connectivity index (χ0v) is 12.1. The number of phenols is 1. The van der Waals surface area contributed by atoms with E-state index in [1.54, 1.807) is 24.3 Å². The van der Waals surface area contributed by atoms with E-state index in [1.165, 1.54) is 0 Å². The first-order valence-electron chi connectivity index (χ1n) is 5.87. The second-order valence-corrected chi connectivity index (χ2v) is 7.62. The lowest BCUT2D eigenvalue weighted by Crippen LogP contribution is -2.48. The maximum Gasteiger partial charge on any atom is 0.171 e. The third-order valence-corrected chi connectivity index (χ3v) is 5.15. The first-order chi connectivity index (χ1) is 8.78. The summed E-state index contributed by atoms with van der Waals surface area (Å²) in [5.41, 5.74) is 0.222. The van der Waals surface area contributed by atoms with Crippen molar-refractivity contribution in [3.05, 3.63) is 24.3 Å². The van der Waals surface area contributed by atoms with Crippen molar-refractivity contribution in [2.24, 2.45) is 0 Å². The molecule has 0 amide bonds. The number of hydrogen-bond donors (Lipinski definition) is 3. The molecule has 1 heterocycles. The van der Waals surface area contributed by atoms with Crippen molar-refractivity contribution in [2.75, 3.05) is 16.8 Å². The Kier molecular flexibility index (Phi) is 3.69. The van der Waals surface area contributed by atoms with E-state index in [0.29, 0.717) is 11.5 Å². The highest BCUT2D eigenvalue weighted by Gasteiger charge is 2.38. The predicted octanol–water partition coefficient (Wildman–Crippen LogP) is 1.26. The summed E-state index contributed by atoms with van der Waals surface area (Å²) in [4.78, 5) is 0. The summed E-state index contributed by atoms with van der Waals surface area (Å²) in [5.74, 6) is 0.466. The summed E-state index contributed by atoms with van der Waals surface area (Å²) in [6, 6.07) is 6.48. The largest absolute Gasteiger partial charge is 0.508 e. The molecule has 1 fully saturated rings. The maximum absolute atomic E-state index is 11.5. The zero-order chi connectivity index (χ0) is 14.1. The van der Waals surface area contributed by atoms with E-state index in [4.69, 9.17) is 12.2 Å². The number of aromatic hydroxyl groups is 1. The van der Waals surface area contributed by atoms with Gasteiger partial charge in [0.15, 0.2) is 14.9 Å². The minimum Gasteiger partial charge on any atom is -0.508 e. The van der Waals surface area contributed by atoms with Gasteiger partial charge in [0, 0.05) is 5.69 Å². The number of thiocarbonyl (C=S) groups is 1. The number of hydrogen-bond acceptors (Lipinski definition) is 4. The van der Waals surface area contributed by atoms with Crippen molar-refractivity contribution < 1.29 is 13.5 Å². The van der Waals surface area contributed by atoms with Crippen LogP contribution in [-0.4, -0.2) is 35.7 Å². The Hall–Kier alpha value is -1.34. The van der Waals surface area contributed by atoms with Crippen LogP contribution in [0.1, 0.15) is 13.3 Å². The van der Waals surface area contributed by atoms with E-state index < -0.39 is 15.4 Å². The molecule has 1 aromatic rings. The number of anilines is 1.